The molecule has 0 radical (unpaired) electrons. The number of para-hydroxylation sites is 2. The second-order valence-corrected chi connectivity index (χ2v) is 8.33. The summed E-state index contributed by atoms with van der Waals surface area (Å²) in [5, 5.41) is 2.76. The van der Waals surface area contributed by atoms with Crippen molar-refractivity contribution in [1.82, 2.24) is 0 Å². The number of allylic oxidation sites excluding steroid dienone is 1. The zero-order valence-electron chi connectivity index (χ0n) is 18.9. The molecule has 1 amide bonds. The molecule has 33 heavy (non-hydrogen) atoms. The Morgan fingerprint density at radius 2 is 1.76 bits per heavy atom. The first-order valence-corrected chi connectivity index (χ1v) is 11.4. The molecule has 0 aliphatic rings. The number of hydrogen-bond acceptors (Lipinski definition) is 6. The third-order valence-corrected chi connectivity index (χ3v) is 5.92. The number of carbonyl (C=O) groups is 2. The lowest BCUT2D eigenvalue weighted by molar-refractivity contribution is -0.118. The number of rotatable bonds is 11. The number of amides is 1. The summed E-state index contributed by atoms with van der Waals surface area (Å²) in [4.78, 5) is 26.7. The van der Waals surface area contributed by atoms with Crippen molar-refractivity contribution in [2.24, 2.45) is 0 Å². The molecule has 1 heterocycles. The van der Waals surface area contributed by atoms with Gasteiger partial charge in [-0.1, -0.05) is 37.6 Å². The maximum Gasteiger partial charge on any atom is 0.262 e. The van der Waals surface area contributed by atoms with Crippen molar-refractivity contribution < 1.29 is 23.8 Å². The van der Waals surface area contributed by atoms with E-state index in [2.05, 4.69) is 12.2 Å². The van der Waals surface area contributed by atoms with Crippen LogP contribution in [0.5, 0.6) is 17.2 Å². The van der Waals surface area contributed by atoms with Gasteiger partial charge in [0.05, 0.1) is 24.8 Å². The second kappa shape index (κ2) is 11.9. The molecule has 0 unspecified atom stereocenters. The van der Waals surface area contributed by atoms with E-state index < -0.39 is 0 Å². The summed E-state index contributed by atoms with van der Waals surface area (Å²) in [6, 6.07) is 16.3. The monoisotopic (exact) mass is 465 g/mol. The van der Waals surface area contributed by atoms with Gasteiger partial charge < -0.3 is 19.5 Å². The molecule has 172 valence electrons. The fraction of sp³-hybridized carbons (Fsp3) is 0.231. The maximum atomic E-state index is 12.4. The summed E-state index contributed by atoms with van der Waals surface area (Å²) in [5.74, 6) is 1.11. The number of carbonyl (C=O) groups excluding carboxylic acids is 2. The molecular weight excluding hydrogens is 438 g/mol. The number of ether oxygens (including phenoxy) is 3. The molecule has 0 atom stereocenters. The van der Waals surface area contributed by atoms with Gasteiger partial charge in [0.1, 0.15) is 5.75 Å². The first-order valence-electron chi connectivity index (χ1n) is 10.6. The van der Waals surface area contributed by atoms with E-state index in [1.165, 1.54) is 23.3 Å². The van der Waals surface area contributed by atoms with E-state index in [1.807, 2.05) is 24.3 Å². The van der Waals surface area contributed by atoms with Crippen LogP contribution in [0.2, 0.25) is 0 Å². The quantitative estimate of drug-likeness (QED) is 0.293. The van der Waals surface area contributed by atoms with Gasteiger partial charge in [0.2, 0.25) is 0 Å². The Balaban J connectivity index is 1.61. The summed E-state index contributed by atoms with van der Waals surface area (Å²) in [7, 11) is 3.07. The Labute approximate surface area is 197 Å². The van der Waals surface area contributed by atoms with Gasteiger partial charge in [-0.2, -0.15) is 0 Å². The van der Waals surface area contributed by atoms with Crippen LogP contribution >= 0.6 is 11.3 Å². The predicted octanol–water partition coefficient (Wildman–Crippen LogP) is 5.63. The van der Waals surface area contributed by atoms with Crippen LogP contribution in [0.4, 0.5) is 5.69 Å². The van der Waals surface area contributed by atoms with Gasteiger partial charge in [-0.25, -0.2) is 0 Å². The summed E-state index contributed by atoms with van der Waals surface area (Å²) in [6.07, 6.45) is 5.33. The topological polar surface area (TPSA) is 73.9 Å². The minimum atomic E-state index is -0.325. The molecule has 0 fully saturated rings. The molecule has 0 aliphatic carbocycles. The maximum absolute atomic E-state index is 12.4. The number of benzene rings is 2. The number of hydrogen-bond donors (Lipinski definition) is 1. The number of ketones is 1. The first kappa shape index (κ1) is 24.1. The fourth-order valence-corrected chi connectivity index (χ4v) is 4.16. The van der Waals surface area contributed by atoms with Crippen LogP contribution < -0.4 is 19.5 Å². The lowest BCUT2D eigenvalue weighted by Crippen LogP contribution is -2.20. The predicted molar refractivity (Wildman–Crippen MR) is 132 cm³/mol. The number of aryl methyl sites for hydroxylation is 1. The summed E-state index contributed by atoms with van der Waals surface area (Å²) >= 11 is 1.53. The van der Waals surface area contributed by atoms with Crippen LogP contribution in [0.3, 0.4) is 0 Å². The van der Waals surface area contributed by atoms with E-state index in [0.717, 1.165) is 23.3 Å². The minimum Gasteiger partial charge on any atom is -0.495 e. The highest BCUT2D eigenvalue weighted by Gasteiger charge is 2.11. The summed E-state index contributed by atoms with van der Waals surface area (Å²) < 4.78 is 16.3. The average Bonchev–Trinajstić information content (AvgIpc) is 3.30. The van der Waals surface area contributed by atoms with Gasteiger partial charge in [0.15, 0.2) is 23.9 Å². The number of nitrogens with one attached hydrogen (secondary N) is 1. The molecule has 1 aromatic heterocycles. The normalized spacial score (nSPS) is 10.8. The van der Waals surface area contributed by atoms with Crippen LogP contribution in [0.25, 0.3) is 6.08 Å². The zero-order chi connectivity index (χ0) is 23.6. The standard InChI is InChI=1S/C26H27NO5S/c1-4-7-19-12-15-25(33-19)21(28)13-10-18-11-14-23(24(16-18)31-3)32-17-26(29)27-20-8-5-6-9-22(20)30-2/h5-6,8-16H,4,7,17H2,1-3H3,(H,27,29)/b13-10+. The van der Waals surface area contributed by atoms with Crippen molar-refractivity contribution in [2.75, 3.05) is 26.1 Å². The molecule has 3 aromatic rings. The van der Waals surface area contributed by atoms with Crippen molar-refractivity contribution >= 4 is 34.8 Å². The van der Waals surface area contributed by atoms with Gasteiger partial charge >= 0.3 is 0 Å². The number of anilines is 1. The van der Waals surface area contributed by atoms with Crippen molar-refractivity contribution in [1.29, 1.82) is 0 Å². The van der Waals surface area contributed by atoms with Crippen LogP contribution in [-0.4, -0.2) is 32.5 Å². The molecule has 6 nitrogen and oxygen atoms in total. The Hall–Kier alpha value is -3.58. The molecule has 0 saturated carbocycles. The summed E-state index contributed by atoms with van der Waals surface area (Å²) in [6.45, 7) is 1.93. The van der Waals surface area contributed by atoms with Gasteiger partial charge in [-0.3, -0.25) is 9.59 Å². The molecular formula is C26H27NO5S. The molecule has 7 heteroatoms. The number of thiophene rings is 1. The van der Waals surface area contributed by atoms with Crippen LogP contribution in [0.15, 0.2) is 60.7 Å². The molecule has 2 aromatic carbocycles. The lowest BCUT2D eigenvalue weighted by atomic mass is 10.1. The van der Waals surface area contributed by atoms with Crippen LogP contribution in [0.1, 0.15) is 33.5 Å². The van der Waals surface area contributed by atoms with Crippen molar-refractivity contribution in [2.45, 2.75) is 19.8 Å². The van der Waals surface area contributed by atoms with Gasteiger partial charge in [-0.15, -0.1) is 11.3 Å². The smallest absolute Gasteiger partial charge is 0.262 e. The van der Waals surface area contributed by atoms with E-state index >= 15 is 0 Å². The molecule has 1 N–H and O–H groups in total. The van der Waals surface area contributed by atoms with Crippen LogP contribution in [0, 0.1) is 0 Å². The minimum absolute atomic E-state index is 0.0327. The Morgan fingerprint density at radius 1 is 0.970 bits per heavy atom. The molecule has 3 rings (SSSR count). The number of methoxy groups -OCH3 is 2. The van der Waals surface area contributed by atoms with Gasteiger partial charge in [0.25, 0.3) is 5.91 Å². The van der Waals surface area contributed by atoms with Gasteiger partial charge in [0, 0.05) is 4.88 Å². The molecule has 0 bridgehead atoms. The first-order chi connectivity index (χ1) is 16.0. The highest BCUT2D eigenvalue weighted by molar-refractivity contribution is 7.14. The highest BCUT2D eigenvalue weighted by atomic mass is 32.1. The zero-order valence-corrected chi connectivity index (χ0v) is 19.7. The summed E-state index contributed by atoms with van der Waals surface area (Å²) in [5.41, 5.74) is 1.36. The van der Waals surface area contributed by atoms with Crippen molar-refractivity contribution in [3.63, 3.8) is 0 Å². The van der Waals surface area contributed by atoms with Crippen molar-refractivity contribution in [3.8, 4) is 17.2 Å². The van der Waals surface area contributed by atoms with Crippen molar-refractivity contribution in [3.05, 3.63) is 76.0 Å². The Kier molecular flexibility index (Phi) is 8.66. The SMILES string of the molecule is CCCc1ccc(C(=O)/C=C/c2ccc(OCC(=O)Nc3ccccc3OC)c(OC)c2)s1. The van der Waals surface area contributed by atoms with Crippen LogP contribution in [-0.2, 0) is 11.2 Å². The highest BCUT2D eigenvalue weighted by Crippen LogP contribution is 2.29. The molecule has 0 saturated heterocycles. The van der Waals surface area contributed by atoms with Gasteiger partial charge in [-0.05, 0) is 54.5 Å². The van der Waals surface area contributed by atoms with E-state index in [4.69, 9.17) is 14.2 Å². The third-order valence-electron chi connectivity index (χ3n) is 4.76. The largest absolute Gasteiger partial charge is 0.495 e. The average molecular weight is 466 g/mol. The second-order valence-electron chi connectivity index (χ2n) is 7.16. The van der Waals surface area contributed by atoms with E-state index in [0.29, 0.717) is 22.9 Å². The molecule has 0 aliphatic heterocycles. The fourth-order valence-electron chi connectivity index (χ4n) is 3.13. The Morgan fingerprint density at radius 3 is 2.52 bits per heavy atom. The Bertz CT molecular complexity index is 1140. The van der Waals surface area contributed by atoms with E-state index in [1.54, 1.807) is 49.6 Å². The molecule has 0 spiro atoms. The van der Waals surface area contributed by atoms with E-state index in [-0.39, 0.29) is 18.3 Å². The third kappa shape index (κ3) is 6.70. The lowest BCUT2D eigenvalue weighted by Gasteiger charge is -2.13. The van der Waals surface area contributed by atoms with E-state index in [9.17, 15) is 9.59 Å².